The Morgan fingerprint density at radius 2 is 0.237 bits per heavy atom. The normalized spacial score (nSPS) is 10.2. The molecule has 9 aromatic rings. The van der Waals surface area contributed by atoms with Crippen LogP contribution in [-0.4, -0.2) is 0 Å². The number of halogens is 1. The molecule has 0 saturated carbocycles. The Labute approximate surface area is 374 Å². The number of rotatable bonds is 9. The molecule has 9 aromatic carbocycles. The fourth-order valence-electron chi connectivity index (χ4n) is 6.54. The van der Waals surface area contributed by atoms with E-state index in [1.54, 1.807) is 0 Å². The third-order valence-corrected chi connectivity index (χ3v) is 16.5. The first-order chi connectivity index (χ1) is 28.3. The summed E-state index contributed by atoms with van der Waals surface area (Å²) in [6.07, 6.45) is 0. The van der Waals surface area contributed by atoms with Crippen LogP contribution in [0.1, 0.15) is 0 Å². The summed E-state index contributed by atoms with van der Waals surface area (Å²) in [6.45, 7) is 0. The third-order valence-electron chi connectivity index (χ3n) is 9.13. The van der Waals surface area contributed by atoms with Crippen molar-refractivity contribution >= 4 is 83.9 Å². The van der Waals surface area contributed by atoms with Crippen molar-refractivity contribution in [3.8, 4) is 0 Å². The van der Waals surface area contributed by atoms with Crippen LogP contribution in [0.3, 0.4) is 0 Å². The van der Waals surface area contributed by atoms with Crippen LogP contribution in [0.4, 0.5) is 0 Å². The zero-order valence-electron chi connectivity index (χ0n) is 32.5. The molecule has 0 aromatic heterocycles. The Balaban J connectivity index is 0.000000165. The Kier molecular flexibility index (Phi) is 19.2. The van der Waals surface area contributed by atoms with Crippen LogP contribution >= 0.6 is 36.2 Å². The molecule has 0 aliphatic carbocycles. The van der Waals surface area contributed by atoms with E-state index in [2.05, 4.69) is 273 Å². The topological polar surface area (TPSA) is 0 Å². The quantitative estimate of drug-likeness (QED) is 0.1000. The zero-order valence-corrected chi connectivity index (χ0v) is 37.6. The summed E-state index contributed by atoms with van der Waals surface area (Å²) in [4.78, 5) is 0. The molecule has 0 fully saturated rings. The van der Waals surface area contributed by atoms with E-state index in [4.69, 9.17) is 0 Å². The molecule has 0 unspecified atom stereocenters. The van der Waals surface area contributed by atoms with Crippen LogP contribution < -0.4 is 47.7 Å². The summed E-state index contributed by atoms with van der Waals surface area (Å²) in [5.41, 5.74) is 0. The van der Waals surface area contributed by atoms with Crippen molar-refractivity contribution in [1.29, 1.82) is 0 Å². The largest absolute Gasteiger partial charge is 0.147 e. The van der Waals surface area contributed by atoms with Gasteiger partial charge < -0.3 is 0 Å². The van der Waals surface area contributed by atoms with Crippen LogP contribution in [0.25, 0.3) is 0 Å². The second-order valence-electron chi connectivity index (χ2n) is 13.0. The van der Waals surface area contributed by atoms with Gasteiger partial charge in [-0.3, -0.25) is 0 Å². The van der Waals surface area contributed by atoms with Crippen molar-refractivity contribution in [2.24, 2.45) is 0 Å². The van der Waals surface area contributed by atoms with Gasteiger partial charge in [-0.1, -0.05) is 273 Å². The van der Waals surface area contributed by atoms with E-state index in [0.29, 0.717) is 0 Å². The van der Waals surface area contributed by atoms with Crippen LogP contribution in [0.5, 0.6) is 0 Å². The summed E-state index contributed by atoms with van der Waals surface area (Å²) in [5.74, 6) is 0. The van der Waals surface area contributed by atoms with Crippen LogP contribution in [-0.2, 0) is 20.4 Å². The maximum Gasteiger partial charge on any atom is 0 e. The fourth-order valence-corrected chi connectivity index (χ4v) is 13.5. The summed E-state index contributed by atoms with van der Waals surface area (Å²) in [6, 6.07) is 97.0. The van der Waals surface area contributed by atoms with Gasteiger partial charge in [0, 0.05) is 20.4 Å². The van der Waals surface area contributed by atoms with Gasteiger partial charge >= 0.3 is 0 Å². The number of hydrogen-bond donors (Lipinski definition) is 0. The van der Waals surface area contributed by atoms with Crippen molar-refractivity contribution < 1.29 is 20.4 Å². The van der Waals surface area contributed by atoms with Crippen molar-refractivity contribution in [3.63, 3.8) is 0 Å². The molecule has 0 saturated heterocycles. The van der Waals surface area contributed by atoms with Crippen molar-refractivity contribution in [2.45, 2.75) is 0 Å². The van der Waals surface area contributed by atoms with E-state index < -0.39 is 23.8 Å². The number of hydrogen-bond acceptors (Lipinski definition) is 0. The minimum absolute atomic E-state index is 0. The molecular weight excluding hydrogens is 883 g/mol. The zero-order chi connectivity index (χ0) is 38.7. The molecule has 0 nitrogen and oxygen atoms in total. The van der Waals surface area contributed by atoms with Crippen molar-refractivity contribution in [2.75, 3.05) is 0 Å². The molecule has 59 heavy (non-hydrogen) atoms. The molecule has 0 radical (unpaired) electrons. The Hall–Kier alpha value is -4.78. The van der Waals surface area contributed by atoms with Crippen LogP contribution in [0, 0.1) is 0 Å². The maximum absolute atomic E-state index is 2.23. The minimum atomic E-state index is -0.446. The van der Waals surface area contributed by atoms with E-state index in [0.717, 1.165) is 0 Å². The van der Waals surface area contributed by atoms with Gasteiger partial charge in [0.2, 0.25) is 0 Å². The first-order valence-corrected chi connectivity index (χ1v) is 23.2. The smallest absolute Gasteiger partial charge is 0 e. The molecule has 0 aliphatic rings. The van der Waals surface area contributed by atoms with Gasteiger partial charge in [0.1, 0.15) is 0 Å². The predicted molar refractivity (Wildman–Crippen MR) is 263 cm³/mol. The van der Waals surface area contributed by atoms with E-state index in [1.165, 1.54) is 47.7 Å². The predicted octanol–water partition coefficient (Wildman–Crippen LogP) is 10.8. The van der Waals surface area contributed by atoms with Crippen LogP contribution in [0.2, 0.25) is 0 Å². The molecule has 0 spiro atoms. The first kappa shape index (κ1) is 45.3. The van der Waals surface area contributed by atoms with Gasteiger partial charge in [-0.15, -0.1) is 12.4 Å². The van der Waals surface area contributed by atoms with Gasteiger partial charge in [-0.2, -0.15) is 0 Å². The van der Waals surface area contributed by atoms with Gasteiger partial charge in [-0.05, 0) is 71.5 Å². The summed E-state index contributed by atoms with van der Waals surface area (Å²) >= 11 is 0. The maximum atomic E-state index is 2.23. The van der Waals surface area contributed by atoms with E-state index in [1.807, 2.05) is 0 Å². The third kappa shape index (κ3) is 13.1. The molecule has 0 heterocycles. The van der Waals surface area contributed by atoms with Crippen molar-refractivity contribution in [3.05, 3.63) is 273 Å². The molecule has 0 atom stereocenters. The fraction of sp³-hybridized carbons (Fsp3) is 0. The molecule has 0 amide bonds. The molecule has 294 valence electrons. The Bertz CT molecular complexity index is 1870. The number of benzene rings is 9. The molecular formula is C54H46ClP3Pd. The summed E-state index contributed by atoms with van der Waals surface area (Å²) in [7, 11) is -1.34. The Morgan fingerprint density at radius 1 is 0.153 bits per heavy atom. The van der Waals surface area contributed by atoms with Gasteiger partial charge in [0.25, 0.3) is 0 Å². The van der Waals surface area contributed by atoms with Gasteiger partial charge in [0.15, 0.2) is 0 Å². The summed E-state index contributed by atoms with van der Waals surface area (Å²) in [5, 5.41) is 12.6. The van der Waals surface area contributed by atoms with Gasteiger partial charge in [-0.25, -0.2) is 0 Å². The van der Waals surface area contributed by atoms with Gasteiger partial charge in [0.05, 0.1) is 0 Å². The Morgan fingerprint density at radius 3 is 0.322 bits per heavy atom. The molecule has 9 rings (SSSR count). The average molecular weight is 930 g/mol. The second-order valence-corrected chi connectivity index (χ2v) is 19.7. The van der Waals surface area contributed by atoms with Crippen LogP contribution in [0.15, 0.2) is 273 Å². The second kappa shape index (κ2) is 25.0. The first-order valence-electron chi connectivity index (χ1n) is 19.2. The summed E-state index contributed by atoms with van der Waals surface area (Å²) < 4.78 is 0. The monoisotopic (exact) mass is 928 g/mol. The van der Waals surface area contributed by atoms with Crippen molar-refractivity contribution in [1.82, 2.24) is 0 Å². The molecule has 0 N–H and O–H groups in total. The molecule has 0 bridgehead atoms. The minimum Gasteiger partial charge on any atom is -0.147 e. The van der Waals surface area contributed by atoms with E-state index >= 15 is 0 Å². The molecule has 0 aliphatic heterocycles. The molecule has 5 heteroatoms. The SMILES string of the molecule is Cl.[Pd].c1ccc(P(c2ccccc2)c2ccccc2)cc1.c1ccc(P(c2ccccc2)c2ccccc2)cc1.c1ccc(P(c2ccccc2)c2ccccc2)cc1. The van der Waals surface area contributed by atoms with E-state index in [-0.39, 0.29) is 32.8 Å². The standard InChI is InChI=1S/3C18H15P.ClH.Pd/c3*1-4-10-16(11-5-1)19(17-12-6-2-7-13-17)18-14-8-3-9-15-18;;/h3*1-15H;1H;. The van der Waals surface area contributed by atoms with E-state index in [9.17, 15) is 0 Å². The average Bonchev–Trinajstić information content (AvgIpc) is 3.30.